The third-order valence-corrected chi connectivity index (χ3v) is 3.95. The van der Waals surface area contributed by atoms with Gasteiger partial charge in [0.2, 0.25) is 0 Å². The molecule has 0 unspecified atom stereocenters. The highest BCUT2D eigenvalue weighted by molar-refractivity contribution is 8.01. The molecule has 5 nitrogen and oxygen atoms in total. The number of nitrogens with zero attached hydrogens (tertiary/aromatic N) is 3. The third-order valence-electron chi connectivity index (χ3n) is 2.05. The van der Waals surface area contributed by atoms with Gasteiger partial charge in [-0.05, 0) is 30.6 Å². The van der Waals surface area contributed by atoms with Crippen LogP contribution >= 0.6 is 23.3 Å². The number of amidine groups is 1. The minimum atomic E-state index is -0.545. The van der Waals surface area contributed by atoms with Gasteiger partial charge in [0.05, 0.1) is 5.56 Å². The highest BCUT2D eigenvalue weighted by Gasteiger charge is 2.15. The molecule has 18 heavy (non-hydrogen) atoms. The zero-order valence-electron chi connectivity index (χ0n) is 9.29. The van der Waals surface area contributed by atoms with Crippen LogP contribution in [0, 0.1) is 12.7 Å². The number of hydrogen-bond donors (Lipinski definition) is 2. The quantitative estimate of drug-likeness (QED) is 0.391. The maximum absolute atomic E-state index is 13.7. The van der Waals surface area contributed by atoms with Crippen LogP contribution in [0.3, 0.4) is 0 Å². The van der Waals surface area contributed by atoms with E-state index >= 15 is 0 Å². The molecule has 0 aliphatic carbocycles. The Labute approximate surface area is 111 Å². The maximum atomic E-state index is 13.7. The molecule has 0 atom stereocenters. The summed E-state index contributed by atoms with van der Waals surface area (Å²) in [5.74, 6) is -0.155. The van der Waals surface area contributed by atoms with E-state index in [1.807, 2.05) is 0 Å². The first-order chi connectivity index (χ1) is 8.61. The lowest BCUT2D eigenvalue weighted by molar-refractivity contribution is 0.318. The zero-order chi connectivity index (χ0) is 13.1. The highest BCUT2D eigenvalue weighted by atomic mass is 32.2. The van der Waals surface area contributed by atoms with Crippen LogP contribution in [0.25, 0.3) is 0 Å². The molecule has 1 aromatic heterocycles. The van der Waals surface area contributed by atoms with Crippen molar-refractivity contribution in [1.82, 2.24) is 9.36 Å². The summed E-state index contributed by atoms with van der Waals surface area (Å²) >= 11 is 2.44. The molecule has 1 aromatic carbocycles. The van der Waals surface area contributed by atoms with Gasteiger partial charge in [0.15, 0.2) is 10.2 Å². The largest absolute Gasteiger partial charge is 0.409 e. The molecule has 2 rings (SSSR count). The number of benzene rings is 1. The molecule has 8 heteroatoms. The van der Waals surface area contributed by atoms with Gasteiger partial charge in [0.1, 0.15) is 11.6 Å². The second kappa shape index (κ2) is 5.32. The van der Waals surface area contributed by atoms with Crippen molar-refractivity contribution in [2.45, 2.75) is 16.2 Å². The Bertz CT molecular complexity index is 599. The number of oxime groups is 1. The van der Waals surface area contributed by atoms with Gasteiger partial charge in [-0.25, -0.2) is 9.37 Å². The predicted molar refractivity (Wildman–Crippen MR) is 67.7 cm³/mol. The van der Waals surface area contributed by atoms with E-state index < -0.39 is 5.82 Å². The summed E-state index contributed by atoms with van der Waals surface area (Å²) in [5.41, 5.74) is 5.54. The highest BCUT2D eigenvalue weighted by Crippen LogP contribution is 2.32. The van der Waals surface area contributed by atoms with Crippen LogP contribution in [0.1, 0.15) is 11.4 Å². The standard InChI is InChI=1S/C10H9FN4OS2/c1-5-13-10(18-15-5)17-7-4-2-3-6(11)8(7)9(12)14-16/h2-4,16H,1H3,(H2,12,14). The minimum Gasteiger partial charge on any atom is -0.409 e. The van der Waals surface area contributed by atoms with Crippen LogP contribution in [0.15, 0.2) is 32.6 Å². The first-order valence-electron chi connectivity index (χ1n) is 4.86. The molecule has 1 heterocycles. The van der Waals surface area contributed by atoms with Gasteiger partial charge >= 0.3 is 0 Å². The van der Waals surface area contributed by atoms with Crippen molar-refractivity contribution in [3.63, 3.8) is 0 Å². The van der Waals surface area contributed by atoms with Crippen molar-refractivity contribution < 1.29 is 9.60 Å². The van der Waals surface area contributed by atoms with Crippen LogP contribution in [-0.2, 0) is 0 Å². The molecule has 0 aliphatic rings. The molecule has 0 saturated heterocycles. The van der Waals surface area contributed by atoms with Crippen molar-refractivity contribution in [2.75, 3.05) is 0 Å². The van der Waals surface area contributed by atoms with E-state index in [2.05, 4.69) is 14.5 Å². The fourth-order valence-electron chi connectivity index (χ4n) is 1.30. The van der Waals surface area contributed by atoms with Gasteiger partial charge in [0.25, 0.3) is 0 Å². The number of halogens is 1. The Hall–Kier alpha value is -1.67. The molecule has 0 aliphatic heterocycles. The Balaban J connectivity index is 2.41. The number of hydrogen-bond acceptors (Lipinski definition) is 6. The van der Waals surface area contributed by atoms with E-state index in [9.17, 15) is 4.39 Å². The van der Waals surface area contributed by atoms with Crippen LogP contribution in [0.2, 0.25) is 0 Å². The lowest BCUT2D eigenvalue weighted by Crippen LogP contribution is -2.16. The first kappa shape index (κ1) is 12.8. The summed E-state index contributed by atoms with van der Waals surface area (Å²) in [6.07, 6.45) is 0. The average Bonchev–Trinajstić information content (AvgIpc) is 2.74. The van der Waals surface area contributed by atoms with E-state index in [1.54, 1.807) is 19.1 Å². The minimum absolute atomic E-state index is 0.0675. The van der Waals surface area contributed by atoms with Crippen LogP contribution in [0.4, 0.5) is 4.39 Å². The second-order valence-corrected chi connectivity index (χ2v) is 5.35. The lowest BCUT2D eigenvalue weighted by atomic mass is 10.2. The average molecular weight is 284 g/mol. The molecular weight excluding hydrogens is 275 g/mol. The summed E-state index contributed by atoms with van der Waals surface area (Å²) in [6.45, 7) is 1.77. The Morgan fingerprint density at radius 3 is 2.94 bits per heavy atom. The summed E-state index contributed by atoms with van der Waals surface area (Å²) in [6, 6.07) is 4.49. The molecule has 3 N–H and O–H groups in total. The smallest absolute Gasteiger partial charge is 0.174 e. The third kappa shape index (κ3) is 2.59. The lowest BCUT2D eigenvalue weighted by Gasteiger charge is -2.06. The normalized spacial score (nSPS) is 11.8. The first-order valence-corrected chi connectivity index (χ1v) is 6.45. The van der Waals surface area contributed by atoms with Gasteiger partial charge < -0.3 is 10.9 Å². The number of aryl methyl sites for hydroxylation is 1. The Morgan fingerprint density at radius 2 is 2.33 bits per heavy atom. The topological polar surface area (TPSA) is 84.4 Å². The van der Waals surface area contributed by atoms with E-state index in [-0.39, 0.29) is 11.4 Å². The van der Waals surface area contributed by atoms with Gasteiger partial charge in [-0.1, -0.05) is 23.0 Å². The molecule has 2 aromatic rings. The van der Waals surface area contributed by atoms with Gasteiger partial charge in [0, 0.05) is 4.90 Å². The van der Waals surface area contributed by atoms with Crippen LogP contribution < -0.4 is 5.73 Å². The van der Waals surface area contributed by atoms with Crippen molar-refractivity contribution in [2.24, 2.45) is 10.9 Å². The maximum Gasteiger partial charge on any atom is 0.174 e. The molecular formula is C10H9FN4OS2. The second-order valence-electron chi connectivity index (χ2n) is 3.31. The van der Waals surface area contributed by atoms with Crippen molar-refractivity contribution in [3.05, 3.63) is 35.4 Å². The predicted octanol–water partition coefficient (Wildman–Crippen LogP) is 2.23. The van der Waals surface area contributed by atoms with Gasteiger partial charge in [-0.3, -0.25) is 0 Å². The van der Waals surface area contributed by atoms with Crippen LogP contribution in [-0.4, -0.2) is 20.4 Å². The molecule has 0 saturated carbocycles. The fraction of sp³-hybridized carbons (Fsp3) is 0.100. The number of nitrogens with two attached hydrogens (primary N) is 1. The molecule has 94 valence electrons. The van der Waals surface area contributed by atoms with E-state index in [1.165, 1.54) is 29.4 Å². The summed E-state index contributed by atoms with van der Waals surface area (Å²) in [5, 5.41) is 11.5. The molecule has 0 radical (unpaired) electrons. The molecule has 0 bridgehead atoms. The summed E-state index contributed by atoms with van der Waals surface area (Å²) in [7, 11) is 0. The van der Waals surface area contributed by atoms with Gasteiger partial charge in [-0.15, -0.1) is 0 Å². The monoisotopic (exact) mass is 284 g/mol. The van der Waals surface area contributed by atoms with Gasteiger partial charge in [-0.2, -0.15) is 4.37 Å². The Morgan fingerprint density at radius 1 is 1.56 bits per heavy atom. The van der Waals surface area contributed by atoms with Crippen molar-refractivity contribution >= 4 is 29.1 Å². The summed E-state index contributed by atoms with van der Waals surface area (Å²) in [4.78, 5) is 4.70. The van der Waals surface area contributed by atoms with Crippen LogP contribution in [0.5, 0.6) is 0 Å². The fourth-order valence-corrected chi connectivity index (χ4v) is 3.07. The van der Waals surface area contributed by atoms with E-state index in [4.69, 9.17) is 10.9 Å². The van der Waals surface area contributed by atoms with Crippen molar-refractivity contribution in [1.29, 1.82) is 0 Å². The number of rotatable bonds is 3. The summed E-state index contributed by atoms with van der Waals surface area (Å²) < 4.78 is 18.4. The SMILES string of the molecule is Cc1nsc(Sc2cccc(F)c2C(N)=NO)n1. The molecule has 0 spiro atoms. The molecule has 0 fully saturated rings. The number of aromatic nitrogens is 2. The van der Waals surface area contributed by atoms with Crippen molar-refractivity contribution in [3.8, 4) is 0 Å². The molecule has 0 amide bonds. The Kier molecular flexibility index (Phi) is 3.78. The van der Waals surface area contributed by atoms with E-state index in [0.717, 1.165) is 0 Å². The zero-order valence-corrected chi connectivity index (χ0v) is 10.9. The van der Waals surface area contributed by atoms with E-state index in [0.29, 0.717) is 15.1 Å².